The third kappa shape index (κ3) is 1.48. The van der Waals surface area contributed by atoms with E-state index < -0.39 is 0 Å². The summed E-state index contributed by atoms with van der Waals surface area (Å²) in [4.78, 5) is 4.03. The van der Waals surface area contributed by atoms with E-state index in [1.807, 2.05) is 18.2 Å². The van der Waals surface area contributed by atoms with E-state index in [-0.39, 0.29) is 6.17 Å². The number of hydrogen-bond donors (Lipinski definition) is 1. The Morgan fingerprint density at radius 1 is 1.39 bits per heavy atom. The average Bonchev–Trinajstić information content (AvgIpc) is 2.80. The van der Waals surface area contributed by atoms with Crippen molar-refractivity contribution >= 4 is 11.3 Å². The number of hydrogen-bond acceptors (Lipinski definition) is 4. The summed E-state index contributed by atoms with van der Waals surface area (Å²) in [5.41, 5.74) is 8.63. The maximum atomic E-state index is 9.00. The number of benzene rings is 1. The summed E-state index contributed by atoms with van der Waals surface area (Å²) in [6, 6.07) is 10.9. The number of fused-ring (bicyclic) bond motifs is 1. The van der Waals surface area contributed by atoms with Crippen molar-refractivity contribution in [2.75, 3.05) is 5.73 Å². The second-order valence-electron chi connectivity index (χ2n) is 3.80. The zero-order valence-corrected chi connectivity index (χ0v) is 9.33. The molecule has 5 heteroatoms. The fraction of sp³-hybridized carbons (Fsp3) is 0. The molecular weight excluding hydrogens is 226 g/mol. The highest BCUT2D eigenvalue weighted by atomic mass is 15.3. The molecule has 0 fully saturated rings. The Labute approximate surface area is 105 Å². The van der Waals surface area contributed by atoms with Gasteiger partial charge in [0, 0.05) is 17.4 Å². The van der Waals surface area contributed by atoms with Crippen LogP contribution < -0.4 is 5.73 Å². The predicted octanol–water partition coefficient (Wildman–Crippen LogP) is 1.85. The number of rotatable bonds is 1. The zero-order chi connectivity index (χ0) is 13.4. The number of anilines is 1. The molecule has 0 saturated heterocycles. The number of nitrogens with zero attached hydrogens (tertiary/aromatic N) is 4. The van der Waals surface area contributed by atoms with Gasteiger partial charge in [-0.15, -0.1) is 0 Å². The average molecular weight is 236 g/mol. The molecule has 18 heavy (non-hydrogen) atoms. The van der Waals surface area contributed by atoms with Crippen LogP contribution in [0.25, 0.3) is 16.9 Å². The minimum atomic E-state index is 0.0851. The van der Waals surface area contributed by atoms with Crippen molar-refractivity contribution in [2.24, 2.45) is 0 Å². The molecule has 0 aliphatic heterocycles. The Morgan fingerprint density at radius 3 is 3.06 bits per heavy atom. The highest BCUT2D eigenvalue weighted by Crippen LogP contribution is 2.22. The molecule has 5 nitrogen and oxygen atoms in total. The summed E-state index contributed by atoms with van der Waals surface area (Å²) < 4.78 is 9.29. The first-order valence-corrected chi connectivity index (χ1v) is 5.30. The fourth-order valence-electron chi connectivity index (χ4n) is 1.82. The van der Waals surface area contributed by atoms with E-state index in [0.717, 1.165) is 5.56 Å². The van der Waals surface area contributed by atoms with Crippen LogP contribution in [0.15, 0.2) is 42.7 Å². The number of nitrogen functional groups attached to an aromatic ring is 1. The van der Waals surface area contributed by atoms with Gasteiger partial charge in [0.15, 0.2) is 5.65 Å². The van der Waals surface area contributed by atoms with Gasteiger partial charge in [-0.05, 0) is 18.2 Å². The largest absolute Gasteiger partial charge is 0.399 e. The lowest BCUT2D eigenvalue weighted by atomic mass is 10.1. The van der Waals surface area contributed by atoms with E-state index in [0.29, 0.717) is 22.6 Å². The Morgan fingerprint density at radius 2 is 2.28 bits per heavy atom. The van der Waals surface area contributed by atoms with Crippen molar-refractivity contribution in [1.82, 2.24) is 14.6 Å². The predicted molar refractivity (Wildman–Crippen MR) is 67.6 cm³/mol. The molecule has 86 valence electrons. The first-order chi connectivity index (χ1) is 9.19. The monoisotopic (exact) mass is 236 g/mol. The van der Waals surface area contributed by atoms with Gasteiger partial charge >= 0.3 is 0 Å². The number of nitriles is 1. The summed E-state index contributed by atoms with van der Waals surface area (Å²) in [5, 5.41) is 13.1. The van der Waals surface area contributed by atoms with Crippen molar-refractivity contribution in [1.29, 1.82) is 5.26 Å². The molecule has 2 heterocycles. The molecule has 0 aliphatic carbocycles. The van der Waals surface area contributed by atoms with Crippen molar-refractivity contribution < 1.29 is 1.37 Å². The maximum absolute atomic E-state index is 9.00. The fourth-order valence-corrected chi connectivity index (χ4v) is 1.82. The van der Waals surface area contributed by atoms with Gasteiger partial charge in [0.05, 0.1) is 13.3 Å². The molecule has 0 saturated carbocycles. The topological polar surface area (TPSA) is 80.0 Å². The van der Waals surface area contributed by atoms with E-state index in [4.69, 9.17) is 12.4 Å². The Kier molecular flexibility index (Phi) is 1.97. The maximum Gasteiger partial charge on any atom is 0.173 e. The van der Waals surface area contributed by atoms with Gasteiger partial charge in [-0.2, -0.15) is 10.4 Å². The molecule has 0 radical (unpaired) electrons. The SMILES string of the molecule is [2H]c1cc(-c2cccc(N)c2)n2ncc(C#N)c2n1. The van der Waals surface area contributed by atoms with Crippen LogP contribution in [0.1, 0.15) is 6.93 Å². The molecule has 3 rings (SSSR count). The van der Waals surface area contributed by atoms with Gasteiger partial charge in [-0.25, -0.2) is 9.50 Å². The van der Waals surface area contributed by atoms with Crippen LogP contribution in [0.3, 0.4) is 0 Å². The lowest BCUT2D eigenvalue weighted by molar-refractivity contribution is 0.948. The van der Waals surface area contributed by atoms with Gasteiger partial charge < -0.3 is 5.73 Å². The highest BCUT2D eigenvalue weighted by molar-refractivity contribution is 5.68. The standard InChI is InChI=1S/C13H9N5/c14-7-10-8-17-18-12(4-5-16-13(10)18)9-2-1-3-11(15)6-9/h1-6,8H,15H2/i5D. The third-order valence-corrected chi connectivity index (χ3v) is 2.65. The van der Waals surface area contributed by atoms with E-state index in [9.17, 15) is 0 Å². The lowest BCUT2D eigenvalue weighted by Crippen LogP contribution is -1.96. The van der Waals surface area contributed by atoms with Crippen molar-refractivity contribution in [3.05, 3.63) is 48.3 Å². The molecule has 0 amide bonds. The van der Waals surface area contributed by atoms with Gasteiger partial charge in [-0.1, -0.05) is 12.1 Å². The zero-order valence-electron chi connectivity index (χ0n) is 10.3. The van der Waals surface area contributed by atoms with Gasteiger partial charge in [-0.3, -0.25) is 0 Å². The highest BCUT2D eigenvalue weighted by Gasteiger charge is 2.09. The Balaban J connectivity index is 2.35. The van der Waals surface area contributed by atoms with Crippen molar-refractivity contribution in [2.45, 2.75) is 0 Å². The smallest absolute Gasteiger partial charge is 0.173 e. The quantitative estimate of drug-likeness (QED) is 0.654. The molecular formula is C13H9N5. The van der Waals surface area contributed by atoms with Crippen molar-refractivity contribution in [3.8, 4) is 17.3 Å². The summed E-state index contributed by atoms with van der Waals surface area (Å²) in [7, 11) is 0. The van der Waals surface area contributed by atoms with Crippen LogP contribution in [0, 0.1) is 11.3 Å². The molecule has 1 aromatic carbocycles. The minimum Gasteiger partial charge on any atom is -0.399 e. The molecule has 0 aliphatic rings. The summed E-state index contributed by atoms with van der Waals surface area (Å²) in [5.74, 6) is 0. The Bertz CT molecular complexity index is 816. The molecule has 0 atom stereocenters. The first kappa shape index (κ1) is 9.19. The van der Waals surface area contributed by atoms with Gasteiger partial charge in [0.2, 0.25) is 0 Å². The summed E-state index contributed by atoms with van der Waals surface area (Å²) >= 11 is 0. The van der Waals surface area contributed by atoms with E-state index in [2.05, 4.69) is 10.1 Å². The molecule has 0 bridgehead atoms. The van der Waals surface area contributed by atoms with Crippen LogP contribution in [0.5, 0.6) is 0 Å². The van der Waals surface area contributed by atoms with E-state index in [1.165, 1.54) is 6.20 Å². The van der Waals surface area contributed by atoms with E-state index in [1.54, 1.807) is 22.7 Å². The van der Waals surface area contributed by atoms with Crippen molar-refractivity contribution in [3.63, 3.8) is 0 Å². The van der Waals surface area contributed by atoms with Crippen LogP contribution >= 0.6 is 0 Å². The van der Waals surface area contributed by atoms with Crippen LogP contribution in [-0.4, -0.2) is 14.6 Å². The van der Waals surface area contributed by atoms with E-state index >= 15 is 0 Å². The molecule has 2 aromatic heterocycles. The number of aromatic nitrogens is 3. The van der Waals surface area contributed by atoms with Gasteiger partial charge in [0.1, 0.15) is 11.6 Å². The lowest BCUT2D eigenvalue weighted by Gasteiger charge is -2.05. The molecule has 2 N–H and O–H groups in total. The number of nitrogens with two attached hydrogens (primary N) is 1. The van der Waals surface area contributed by atoms with Gasteiger partial charge in [0.25, 0.3) is 0 Å². The normalized spacial score (nSPS) is 11.2. The minimum absolute atomic E-state index is 0.0851. The summed E-state index contributed by atoms with van der Waals surface area (Å²) in [6.07, 6.45) is 1.53. The molecule has 0 spiro atoms. The molecule has 0 unspecified atom stereocenters. The second kappa shape index (κ2) is 3.86. The van der Waals surface area contributed by atoms with Crippen LogP contribution in [0.2, 0.25) is 0 Å². The Hall–Kier alpha value is -2.87. The first-order valence-electron chi connectivity index (χ1n) is 5.80. The van der Waals surface area contributed by atoms with Crippen LogP contribution in [-0.2, 0) is 0 Å². The molecule has 3 aromatic rings. The second-order valence-corrected chi connectivity index (χ2v) is 3.80. The van der Waals surface area contributed by atoms with Crippen LogP contribution in [0.4, 0.5) is 5.69 Å². The summed E-state index contributed by atoms with van der Waals surface area (Å²) in [6.45, 7) is 0. The third-order valence-electron chi connectivity index (χ3n) is 2.65.